The third-order valence-corrected chi connectivity index (χ3v) is 6.64. The number of nitriles is 1. The highest BCUT2D eigenvalue weighted by molar-refractivity contribution is 8.02. The molecule has 1 fully saturated rings. The minimum atomic E-state index is -1.80. The molecule has 1 aromatic rings. The summed E-state index contributed by atoms with van der Waals surface area (Å²) in [6.45, 7) is 17.6. The van der Waals surface area contributed by atoms with Crippen LogP contribution in [0.25, 0.3) is 0 Å². The van der Waals surface area contributed by atoms with E-state index < -0.39 is 13.3 Å². The summed E-state index contributed by atoms with van der Waals surface area (Å²) in [5.41, 5.74) is 1.37. The molecule has 0 unspecified atom stereocenters. The summed E-state index contributed by atoms with van der Waals surface area (Å²) in [6, 6.07) is 9.86. The van der Waals surface area contributed by atoms with E-state index in [0.717, 1.165) is 5.56 Å². The van der Waals surface area contributed by atoms with Gasteiger partial charge in [-0.05, 0) is 51.2 Å². The molecule has 24 heavy (non-hydrogen) atoms. The lowest BCUT2D eigenvalue weighted by molar-refractivity contribution is -0.290. The van der Waals surface area contributed by atoms with Crippen LogP contribution in [-0.2, 0) is 9.16 Å². The Morgan fingerprint density at radius 1 is 1.17 bits per heavy atom. The highest BCUT2D eigenvalue weighted by Gasteiger charge is 2.66. The number of hydrogen-bond donors (Lipinski definition) is 0. The Morgan fingerprint density at radius 3 is 2.08 bits per heavy atom. The lowest BCUT2D eigenvalue weighted by Gasteiger charge is -2.63. The van der Waals surface area contributed by atoms with E-state index in [1.54, 1.807) is 0 Å². The fraction of sp³-hybridized carbons (Fsp3) is 0.632. The van der Waals surface area contributed by atoms with Crippen LogP contribution in [0.4, 0.5) is 0 Å². The molecule has 132 valence electrons. The third-order valence-electron chi connectivity index (χ3n) is 3.85. The zero-order valence-corrected chi connectivity index (χ0v) is 17.9. The van der Waals surface area contributed by atoms with Gasteiger partial charge >= 0.3 is 0 Å². The van der Waals surface area contributed by atoms with Crippen LogP contribution in [0.5, 0.6) is 0 Å². The molecule has 0 saturated carbocycles. The quantitative estimate of drug-likeness (QED) is 0.524. The molecule has 0 aromatic heterocycles. The van der Waals surface area contributed by atoms with Crippen LogP contribution in [0.3, 0.4) is 0 Å². The second-order valence-electron chi connectivity index (χ2n) is 8.84. The third kappa shape index (κ3) is 3.88. The second kappa shape index (κ2) is 6.17. The van der Waals surface area contributed by atoms with Crippen molar-refractivity contribution in [3.63, 3.8) is 0 Å². The Morgan fingerprint density at radius 2 is 1.71 bits per heavy atom. The largest absolute Gasteiger partial charge is 0.399 e. The van der Waals surface area contributed by atoms with E-state index in [-0.39, 0.29) is 16.5 Å². The van der Waals surface area contributed by atoms with Crippen LogP contribution < -0.4 is 0 Å². The van der Waals surface area contributed by atoms with E-state index >= 15 is 0 Å². The summed E-state index contributed by atoms with van der Waals surface area (Å²) in [5, 5.41) is 9.03. The smallest absolute Gasteiger partial charge is 0.185 e. The van der Waals surface area contributed by atoms with Gasteiger partial charge in [0.25, 0.3) is 0 Å². The minimum Gasteiger partial charge on any atom is -0.399 e. The maximum atomic E-state index is 9.03. The van der Waals surface area contributed by atoms with Gasteiger partial charge in [-0.3, -0.25) is 0 Å². The molecule has 1 aliphatic heterocycles. The minimum absolute atomic E-state index is 0.0472. The summed E-state index contributed by atoms with van der Waals surface area (Å²) in [7, 11) is -1.80. The Kier molecular flexibility index (Phi) is 5.02. The lowest BCUT2D eigenvalue weighted by atomic mass is 9.84. The predicted molar refractivity (Wildman–Crippen MR) is 104 cm³/mol. The van der Waals surface area contributed by atoms with Crippen molar-refractivity contribution in [3.8, 4) is 6.07 Å². The second-order valence-corrected chi connectivity index (χ2v) is 15.3. The molecular formula is C19H29NO2SSi. The molecule has 0 amide bonds. The number of thioether (sulfide) groups is 1. The number of ether oxygens (including phenoxy) is 1. The van der Waals surface area contributed by atoms with Gasteiger partial charge in [0.2, 0.25) is 0 Å². The Bertz CT molecular complexity index is 619. The maximum Gasteiger partial charge on any atom is 0.185 e. The van der Waals surface area contributed by atoms with Crippen LogP contribution in [0, 0.1) is 11.3 Å². The van der Waals surface area contributed by atoms with E-state index in [2.05, 4.69) is 60.3 Å². The average Bonchev–Trinajstić information content (AvgIpc) is 2.41. The number of hydrogen-bond acceptors (Lipinski definition) is 4. The van der Waals surface area contributed by atoms with Crippen molar-refractivity contribution in [3.05, 3.63) is 35.4 Å². The first-order chi connectivity index (χ1) is 10.8. The molecular weight excluding hydrogens is 334 g/mol. The van der Waals surface area contributed by atoms with Crippen LogP contribution in [0.2, 0.25) is 19.6 Å². The lowest BCUT2D eigenvalue weighted by Crippen LogP contribution is -2.69. The topological polar surface area (TPSA) is 42.2 Å². The summed E-state index contributed by atoms with van der Waals surface area (Å²) in [6.07, 6.45) is -0.129. The Labute approximate surface area is 151 Å². The number of nitrogens with zero attached hydrogens (tertiary/aromatic N) is 1. The molecule has 1 heterocycles. The van der Waals surface area contributed by atoms with Gasteiger partial charge in [0.05, 0.1) is 11.6 Å². The van der Waals surface area contributed by atoms with Crippen molar-refractivity contribution in [1.82, 2.24) is 0 Å². The molecule has 5 heteroatoms. The molecule has 1 saturated heterocycles. The van der Waals surface area contributed by atoms with Crippen molar-refractivity contribution >= 4 is 20.1 Å². The van der Waals surface area contributed by atoms with Gasteiger partial charge < -0.3 is 9.16 Å². The van der Waals surface area contributed by atoms with E-state index in [1.807, 2.05) is 36.0 Å². The molecule has 2 rings (SSSR count). The normalized spacial score (nSPS) is 26.5. The van der Waals surface area contributed by atoms with Crippen LogP contribution in [-0.4, -0.2) is 23.6 Å². The van der Waals surface area contributed by atoms with Gasteiger partial charge in [-0.15, -0.1) is 11.8 Å². The number of rotatable bonds is 4. The molecule has 0 spiro atoms. The van der Waals surface area contributed by atoms with Gasteiger partial charge in [0, 0.05) is 4.75 Å². The van der Waals surface area contributed by atoms with Gasteiger partial charge in [-0.25, -0.2) is 0 Å². The molecule has 0 aliphatic carbocycles. The molecule has 3 nitrogen and oxygen atoms in total. The zero-order chi connectivity index (χ0) is 18.4. The van der Waals surface area contributed by atoms with Crippen molar-refractivity contribution in [2.45, 2.75) is 75.6 Å². The van der Waals surface area contributed by atoms with Gasteiger partial charge in [0.15, 0.2) is 13.3 Å². The van der Waals surface area contributed by atoms with Crippen LogP contribution in [0.15, 0.2) is 24.3 Å². The first-order valence-corrected chi connectivity index (χ1v) is 12.6. The Balaban J connectivity index is 2.47. The van der Waals surface area contributed by atoms with Crippen molar-refractivity contribution < 1.29 is 9.16 Å². The molecule has 1 aliphatic rings. The SMILES string of the molecule is CC(C)(C)S[C@@]1(O[Si](C)(C)C)[C@@H](c2ccc(C#N)cc2)OC1(C)C. The van der Waals surface area contributed by atoms with Crippen molar-refractivity contribution in [2.75, 3.05) is 0 Å². The van der Waals surface area contributed by atoms with Crippen LogP contribution in [0.1, 0.15) is 51.8 Å². The fourth-order valence-corrected chi connectivity index (χ4v) is 6.69. The van der Waals surface area contributed by atoms with E-state index in [1.165, 1.54) is 0 Å². The predicted octanol–water partition coefficient (Wildman–Crippen LogP) is 5.49. The van der Waals surface area contributed by atoms with Gasteiger partial charge in [-0.1, -0.05) is 32.9 Å². The Hall–Kier alpha value is -0.803. The van der Waals surface area contributed by atoms with E-state index in [0.29, 0.717) is 5.56 Å². The monoisotopic (exact) mass is 363 g/mol. The highest BCUT2D eigenvalue weighted by atomic mass is 32.2. The van der Waals surface area contributed by atoms with Crippen LogP contribution >= 0.6 is 11.8 Å². The molecule has 1 aromatic carbocycles. The van der Waals surface area contributed by atoms with Crippen molar-refractivity contribution in [1.29, 1.82) is 5.26 Å². The van der Waals surface area contributed by atoms with Crippen molar-refractivity contribution in [2.24, 2.45) is 0 Å². The van der Waals surface area contributed by atoms with Gasteiger partial charge in [0.1, 0.15) is 11.7 Å². The molecule has 0 bridgehead atoms. The zero-order valence-electron chi connectivity index (χ0n) is 16.1. The average molecular weight is 364 g/mol. The first-order valence-electron chi connectivity index (χ1n) is 8.38. The summed E-state index contributed by atoms with van der Waals surface area (Å²) >= 11 is 1.86. The fourth-order valence-electron chi connectivity index (χ4n) is 3.02. The highest BCUT2D eigenvalue weighted by Crippen LogP contribution is 2.63. The summed E-state index contributed by atoms with van der Waals surface area (Å²) in [5.74, 6) is 0. The molecule has 2 atom stereocenters. The maximum absolute atomic E-state index is 9.03. The standard InChI is InChI=1S/C19H29NO2SSi/c1-17(2,3)23-19(22-24(6,7)8)16(21-18(19,4)5)15-11-9-14(13-20)10-12-15/h9-12,16H,1-8H3/t16-,19+/m1/s1. The van der Waals surface area contributed by atoms with E-state index in [4.69, 9.17) is 14.4 Å². The van der Waals surface area contributed by atoms with E-state index in [9.17, 15) is 0 Å². The summed E-state index contributed by atoms with van der Waals surface area (Å²) in [4.78, 5) is -0.427. The molecule has 0 radical (unpaired) electrons. The molecule has 0 N–H and O–H groups in total. The van der Waals surface area contributed by atoms with Gasteiger partial charge in [-0.2, -0.15) is 5.26 Å². The summed E-state index contributed by atoms with van der Waals surface area (Å²) < 4.78 is 13.1. The number of benzene rings is 1. The first kappa shape index (κ1) is 19.5.